The lowest BCUT2D eigenvalue weighted by molar-refractivity contribution is -0.145. The lowest BCUT2D eigenvalue weighted by Gasteiger charge is -2.37. The number of hydrogen-bond donors (Lipinski definition) is 1. The van der Waals surface area contributed by atoms with E-state index in [0.29, 0.717) is 6.54 Å². The molecule has 0 aliphatic carbocycles. The molecule has 1 saturated heterocycles. The summed E-state index contributed by atoms with van der Waals surface area (Å²) in [5, 5.41) is 0. The predicted octanol–water partition coefficient (Wildman–Crippen LogP) is 2.56. The van der Waals surface area contributed by atoms with Crippen LogP contribution in [0.15, 0.2) is 0 Å². The van der Waals surface area contributed by atoms with Gasteiger partial charge in [-0.3, -0.25) is 4.79 Å². The molecule has 1 heterocycles. The van der Waals surface area contributed by atoms with Crippen molar-refractivity contribution >= 4 is 5.91 Å². The minimum atomic E-state index is -0.385. The Morgan fingerprint density at radius 2 is 2.00 bits per heavy atom. The van der Waals surface area contributed by atoms with Crippen molar-refractivity contribution in [3.05, 3.63) is 0 Å². The molecule has 118 valence electrons. The second kappa shape index (κ2) is 8.63. The topological polar surface area (TPSA) is 55.6 Å². The smallest absolute Gasteiger partial charge is 0.230 e. The molecule has 0 aromatic heterocycles. The summed E-state index contributed by atoms with van der Waals surface area (Å²) in [4.78, 5) is 14.9. The van der Waals surface area contributed by atoms with E-state index in [2.05, 4.69) is 20.8 Å². The maximum atomic E-state index is 12.9. The molecule has 0 spiro atoms. The number of rotatable bonds is 8. The molecule has 2 N–H and O–H groups in total. The number of ether oxygens (including phenoxy) is 1. The van der Waals surface area contributed by atoms with Crippen LogP contribution in [-0.2, 0) is 9.53 Å². The summed E-state index contributed by atoms with van der Waals surface area (Å²) in [7, 11) is 0. The maximum Gasteiger partial charge on any atom is 0.230 e. The molecule has 1 rings (SSSR count). The molecule has 1 aliphatic heterocycles. The highest BCUT2D eigenvalue weighted by molar-refractivity contribution is 5.83. The molecule has 1 aliphatic rings. The first-order valence-electron chi connectivity index (χ1n) is 8.24. The minimum Gasteiger partial charge on any atom is -0.376 e. The van der Waals surface area contributed by atoms with Crippen LogP contribution in [0.5, 0.6) is 0 Å². The number of nitrogens with zero attached hydrogens (tertiary/aromatic N) is 1. The van der Waals surface area contributed by atoms with E-state index in [1.54, 1.807) is 0 Å². The molecule has 20 heavy (non-hydrogen) atoms. The first kappa shape index (κ1) is 17.4. The number of amides is 1. The van der Waals surface area contributed by atoms with E-state index in [0.717, 1.165) is 51.8 Å². The molecular formula is C16H32N2O2. The summed E-state index contributed by atoms with van der Waals surface area (Å²) >= 11 is 0. The van der Waals surface area contributed by atoms with Crippen LogP contribution in [0.1, 0.15) is 59.3 Å². The Kier molecular flexibility index (Phi) is 7.52. The van der Waals surface area contributed by atoms with Crippen molar-refractivity contribution in [1.82, 2.24) is 4.90 Å². The fourth-order valence-corrected chi connectivity index (χ4v) is 3.01. The first-order valence-corrected chi connectivity index (χ1v) is 8.24. The summed E-state index contributed by atoms with van der Waals surface area (Å²) in [6, 6.07) is 0. The molecule has 0 bridgehead atoms. The van der Waals surface area contributed by atoms with E-state index in [1.165, 1.54) is 6.42 Å². The fraction of sp³-hybridized carbons (Fsp3) is 0.938. The molecule has 4 nitrogen and oxygen atoms in total. The van der Waals surface area contributed by atoms with E-state index >= 15 is 0 Å². The van der Waals surface area contributed by atoms with Gasteiger partial charge >= 0.3 is 0 Å². The van der Waals surface area contributed by atoms with E-state index in [1.807, 2.05) is 4.90 Å². The number of nitrogens with two attached hydrogens (primary N) is 1. The molecule has 0 aromatic carbocycles. The van der Waals surface area contributed by atoms with Crippen molar-refractivity contribution < 1.29 is 9.53 Å². The third-order valence-electron chi connectivity index (χ3n) is 4.68. The van der Waals surface area contributed by atoms with Crippen molar-refractivity contribution in [2.45, 2.75) is 65.4 Å². The Labute approximate surface area is 124 Å². The summed E-state index contributed by atoms with van der Waals surface area (Å²) in [5.41, 5.74) is 5.53. The molecule has 4 heteroatoms. The normalized spacial score (nSPS) is 19.9. The average molecular weight is 284 g/mol. The Hall–Kier alpha value is -0.610. The Morgan fingerprint density at radius 3 is 2.45 bits per heavy atom. The monoisotopic (exact) mass is 284 g/mol. The molecular weight excluding hydrogens is 252 g/mol. The Morgan fingerprint density at radius 1 is 1.30 bits per heavy atom. The van der Waals surface area contributed by atoms with Gasteiger partial charge in [-0.2, -0.15) is 0 Å². The highest BCUT2D eigenvalue weighted by Crippen LogP contribution is 2.28. The molecule has 0 aromatic rings. The molecule has 1 amide bonds. The fourth-order valence-electron chi connectivity index (χ4n) is 3.01. The van der Waals surface area contributed by atoms with Crippen LogP contribution in [-0.4, -0.2) is 43.2 Å². The van der Waals surface area contributed by atoms with Crippen molar-refractivity contribution in [2.24, 2.45) is 11.1 Å². The zero-order valence-corrected chi connectivity index (χ0v) is 13.5. The highest BCUT2D eigenvalue weighted by Gasteiger charge is 2.37. The van der Waals surface area contributed by atoms with E-state index in [-0.39, 0.29) is 17.4 Å². The second-order valence-corrected chi connectivity index (χ2v) is 5.93. The van der Waals surface area contributed by atoms with E-state index in [9.17, 15) is 4.79 Å². The second-order valence-electron chi connectivity index (χ2n) is 5.93. The Bertz CT molecular complexity index is 276. The SMILES string of the molecule is CCCN(CC1CCCCO1)C(=O)C(CC)(CC)CN. The van der Waals surface area contributed by atoms with Gasteiger partial charge in [0, 0.05) is 26.2 Å². The summed E-state index contributed by atoms with van der Waals surface area (Å²) in [5.74, 6) is 0.223. The van der Waals surface area contributed by atoms with Gasteiger partial charge in [-0.15, -0.1) is 0 Å². The third kappa shape index (κ3) is 4.19. The van der Waals surface area contributed by atoms with Crippen molar-refractivity contribution in [3.63, 3.8) is 0 Å². The summed E-state index contributed by atoms with van der Waals surface area (Å²) in [6.45, 7) is 9.05. The molecule has 1 atom stereocenters. The van der Waals surface area contributed by atoms with Gasteiger partial charge in [0.2, 0.25) is 5.91 Å². The minimum absolute atomic E-state index is 0.212. The van der Waals surface area contributed by atoms with E-state index < -0.39 is 0 Å². The van der Waals surface area contributed by atoms with Crippen LogP contribution in [0.4, 0.5) is 0 Å². The lowest BCUT2D eigenvalue weighted by Crippen LogP contribution is -2.50. The predicted molar refractivity (Wildman–Crippen MR) is 82.5 cm³/mol. The Balaban J connectivity index is 2.74. The quantitative estimate of drug-likeness (QED) is 0.745. The average Bonchev–Trinajstić information content (AvgIpc) is 2.50. The van der Waals surface area contributed by atoms with Crippen molar-refractivity contribution in [3.8, 4) is 0 Å². The van der Waals surface area contributed by atoms with Gasteiger partial charge in [0.15, 0.2) is 0 Å². The summed E-state index contributed by atoms with van der Waals surface area (Å²) < 4.78 is 5.79. The number of carbonyl (C=O) groups is 1. The molecule has 0 radical (unpaired) electrons. The van der Waals surface area contributed by atoms with Crippen LogP contribution in [0, 0.1) is 5.41 Å². The van der Waals surface area contributed by atoms with Crippen LogP contribution < -0.4 is 5.73 Å². The van der Waals surface area contributed by atoms with Gasteiger partial charge in [-0.1, -0.05) is 20.8 Å². The van der Waals surface area contributed by atoms with Gasteiger partial charge in [0.05, 0.1) is 11.5 Å². The highest BCUT2D eigenvalue weighted by atomic mass is 16.5. The third-order valence-corrected chi connectivity index (χ3v) is 4.68. The van der Waals surface area contributed by atoms with Gasteiger partial charge < -0.3 is 15.4 Å². The van der Waals surface area contributed by atoms with Gasteiger partial charge in [-0.25, -0.2) is 0 Å². The largest absolute Gasteiger partial charge is 0.376 e. The zero-order valence-electron chi connectivity index (χ0n) is 13.5. The van der Waals surface area contributed by atoms with Crippen molar-refractivity contribution in [2.75, 3.05) is 26.2 Å². The molecule has 0 saturated carbocycles. The molecule has 1 unspecified atom stereocenters. The van der Waals surface area contributed by atoms with Crippen LogP contribution in [0.25, 0.3) is 0 Å². The zero-order chi connectivity index (χ0) is 15.0. The van der Waals surface area contributed by atoms with Crippen LogP contribution in [0.3, 0.4) is 0 Å². The summed E-state index contributed by atoms with van der Waals surface area (Å²) in [6.07, 6.45) is 6.24. The number of carbonyl (C=O) groups excluding carboxylic acids is 1. The lowest BCUT2D eigenvalue weighted by atomic mass is 9.80. The van der Waals surface area contributed by atoms with Gasteiger partial charge in [-0.05, 0) is 38.5 Å². The van der Waals surface area contributed by atoms with Crippen LogP contribution >= 0.6 is 0 Å². The van der Waals surface area contributed by atoms with Gasteiger partial charge in [0.25, 0.3) is 0 Å². The number of hydrogen-bond acceptors (Lipinski definition) is 3. The first-order chi connectivity index (χ1) is 9.63. The van der Waals surface area contributed by atoms with Crippen LogP contribution in [0.2, 0.25) is 0 Å². The van der Waals surface area contributed by atoms with Crippen molar-refractivity contribution in [1.29, 1.82) is 0 Å². The van der Waals surface area contributed by atoms with Gasteiger partial charge in [0.1, 0.15) is 0 Å². The standard InChI is InChI=1S/C16H32N2O2/c1-4-10-18(12-14-9-7-8-11-20-14)15(19)16(5-2,6-3)13-17/h14H,4-13,17H2,1-3H3. The maximum absolute atomic E-state index is 12.9. The van der Waals surface area contributed by atoms with E-state index in [4.69, 9.17) is 10.5 Å². The molecule has 1 fully saturated rings.